The van der Waals surface area contributed by atoms with E-state index in [9.17, 15) is 4.79 Å². The maximum Gasteiger partial charge on any atom is 0.339 e. The fourth-order valence-electron chi connectivity index (χ4n) is 2.37. The first-order valence-corrected chi connectivity index (χ1v) is 7.95. The highest BCUT2D eigenvalue weighted by Gasteiger charge is 2.05. The maximum atomic E-state index is 11.5. The molecule has 1 heterocycles. The quantitative estimate of drug-likeness (QED) is 0.674. The molecule has 2 aromatic carbocycles. The van der Waals surface area contributed by atoms with Crippen molar-refractivity contribution in [2.45, 2.75) is 20.8 Å². The summed E-state index contributed by atoms with van der Waals surface area (Å²) < 4.78 is 5.29. The molecular formula is C20H28N2O2S. The van der Waals surface area contributed by atoms with Crippen molar-refractivity contribution in [3.05, 3.63) is 76.6 Å². The van der Waals surface area contributed by atoms with Gasteiger partial charge in [0.25, 0.3) is 0 Å². The van der Waals surface area contributed by atoms with E-state index >= 15 is 0 Å². The van der Waals surface area contributed by atoms with Gasteiger partial charge in [-0.3, -0.25) is 0 Å². The van der Waals surface area contributed by atoms with Crippen LogP contribution in [0.15, 0.2) is 69.9 Å². The fourth-order valence-corrected chi connectivity index (χ4v) is 2.37. The van der Waals surface area contributed by atoms with Crippen molar-refractivity contribution in [1.29, 1.82) is 0 Å². The zero-order valence-corrected chi connectivity index (χ0v) is 16.2. The highest BCUT2D eigenvalue weighted by molar-refractivity contribution is 7.59. The van der Waals surface area contributed by atoms with Crippen LogP contribution in [0.1, 0.15) is 19.4 Å². The summed E-state index contributed by atoms with van der Waals surface area (Å²) in [6.45, 7) is 7.87. The Labute approximate surface area is 156 Å². The Bertz CT molecular complexity index is 773. The molecule has 0 aliphatic rings. The van der Waals surface area contributed by atoms with Crippen molar-refractivity contribution in [1.82, 2.24) is 6.15 Å². The standard InChI is InChI=1S/C14H17NO2.C6H6.H3N.H2S/c1-4-15(5-2)12-7-6-11-8-10(3)14(16)17-13(11)9-12;1-2-4-6-5-3-1;;/h6-9H,4-5H2,1-3H3;1-6H;1H3;1H2. The number of hydrogen-bond donors (Lipinski definition) is 1. The molecule has 4 nitrogen and oxygen atoms in total. The summed E-state index contributed by atoms with van der Waals surface area (Å²) in [6.07, 6.45) is 0. The molecule has 0 radical (unpaired) electrons. The second-order valence-electron chi connectivity index (χ2n) is 5.27. The Kier molecular flexibility index (Phi) is 10.3. The molecule has 0 atom stereocenters. The predicted octanol–water partition coefficient (Wildman–Crippen LogP) is 4.91. The molecule has 5 heteroatoms. The lowest BCUT2D eigenvalue weighted by Gasteiger charge is -2.20. The molecule has 3 rings (SSSR count). The molecule has 0 fully saturated rings. The van der Waals surface area contributed by atoms with E-state index in [-0.39, 0.29) is 25.3 Å². The van der Waals surface area contributed by atoms with Gasteiger partial charge >= 0.3 is 5.63 Å². The Balaban J connectivity index is 0.000000616. The Morgan fingerprint density at radius 2 is 1.44 bits per heavy atom. The van der Waals surface area contributed by atoms with Crippen molar-refractivity contribution in [3.63, 3.8) is 0 Å². The van der Waals surface area contributed by atoms with Crippen LogP contribution in [0.2, 0.25) is 0 Å². The molecule has 136 valence electrons. The Morgan fingerprint density at radius 3 is 1.92 bits per heavy atom. The van der Waals surface area contributed by atoms with Gasteiger partial charge in [-0.05, 0) is 39.0 Å². The van der Waals surface area contributed by atoms with Crippen LogP contribution in [0.25, 0.3) is 11.0 Å². The summed E-state index contributed by atoms with van der Waals surface area (Å²) in [5.41, 5.74) is 2.14. The SMILES string of the molecule is CCN(CC)c1ccc2cc(C)c(=O)oc2c1.N.S.c1ccccc1. The van der Waals surface area contributed by atoms with Gasteiger partial charge in [-0.1, -0.05) is 36.4 Å². The van der Waals surface area contributed by atoms with Gasteiger partial charge in [-0.25, -0.2) is 4.79 Å². The van der Waals surface area contributed by atoms with Crippen molar-refractivity contribution in [3.8, 4) is 0 Å². The van der Waals surface area contributed by atoms with Crippen LogP contribution >= 0.6 is 13.5 Å². The summed E-state index contributed by atoms with van der Waals surface area (Å²) in [6, 6.07) is 19.9. The van der Waals surface area contributed by atoms with E-state index in [0.717, 1.165) is 24.2 Å². The number of aryl methyl sites for hydroxylation is 1. The first-order chi connectivity index (χ1) is 11.2. The van der Waals surface area contributed by atoms with E-state index in [2.05, 4.69) is 24.8 Å². The van der Waals surface area contributed by atoms with E-state index in [1.807, 2.05) is 54.6 Å². The van der Waals surface area contributed by atoms with Crippen LogP contribution in [0, 0.1) is 6.92 Å². The van der Waals surface area contributed by atoms with Gasteiger partial charge in [0, 0.05) is 35.8 Å². The van der Waals surface area contributed by atoms with E-state index < -0.39 is 0 Å². The van der Waals surface area contributed by atoms with Crippen molar-refractivity contribution in [2.75, 3.05) is 18.0 Å². The Morgan fingerprint density at radius 1 is 0.920 bits per heavy atom. The summed E-state index contributed by atoms with van der Waals surface area (Å²) in [4.78, 5) is 13.7. The molecule has 25 heavy (non-hydrogen) atoms. The van der Waals surface area contributed by atoms with Gasteiger partial charge in [0.1, 0.15) is 5.58 Å². The molecule has 3 aromatic rings. The molecule has 0 aliphatic heterocycles. The third-order valence-electron chi connectivity index (χ3n) is 3.69. The van der Waals surface area contributed by atoms with Crippen LogP contribution in [-0.4, -0.2) is 13.1 Å². The maximum absolute atomic E-state index is 11.5. The van der Waals surface area contributed by atoms with Crippen LogP contribution in [-0.2, 0) is 0 Å². The van der Waals surface area contributed by atoms with Gasteiger partial charge in [-0.2, -0.15) is 13.5 Å². The molecule has 0 amide bonds. The molecule has 1 aromatic heterocycles. The average molecular weight is 361 g/mol. The molecule has 0 aliphatic carbocycles. The average Bonchev–Trinajstić information content (AvgIpc) is 2.59. The largest absolute Gasteiger partial charge is 0.422 e. The minimum Gasteiger partial charge on any atom is -0.422 e. The topological polar surface area (TPSA) is 68.5 Å². The first-order valence-electron chi connectivity index (χ1n) is 7.95. The van der Waals surface area contributed by atoms with Gasteiger partial charge in [0.2, 0.25) is 0 Å². The normalized spacial score (nSPS) is 9.24. The number of benzene rings is 2. The van der Waals surface area contributed by atoms with Crippen LogP contribution in [0.3, 0.4) is 0 Å². The molecule has 0 saturated heterocycles. The van der Waals surface area contributed by atoms with Crippen molar-refractivity contribution in [2.24, 2.45) is 0 Å². The molecule has 0 bridgehead atoms. The highest BCUT2D eigenvalue weighted by atomic mass is 32.1. The number of anilines is 1. The number of fused-ring (bicyclic) bond motifs is 1. The Hall–Kier alpha value is -2.24. The fraction of sp³-hybridized carbons (Fsp3) is 0.250. The van der Waals surface area contributed by atoms with E-state index in [1.165, 1.54) is 0 Å². The zero-order chi connectivity index (χ0) is 16.7. The molecular weight excluding hydrogens is 332 g/mol. The second-order valence-corrected chi connectivity index (χ2v) is 5.27. The lowest BCUT2D eigenvalue weighted by atomic mass is 10.1. The molecule has 0 unspecified atom stereocenters. The minimum absolute atomic E-state index is 0. The monoisotopic (exact) mass is 360 g/mol. The van der Waals surface area contributed by atoms with Crippen molar-refractivity contribution >= 4 is 30.2 Å². The summed E-state index contributed by atoms with van der Waals surface area (Å²) >= 11 is 0. The third kappa shape index (κ3) is 6.29. The van der Waals surface area contributed by atoms with Crippen LogP contribution in [0.5, 0.6) is 0 Å². The van der Waals surface area contributed by atoms with Crippen LogP contribution < -0.4 is 16.7 Å². The summed E-state index contributed by atoms with van der Waals surface area (Å²) in [5, 5.41) is 0.970. The summed E-state index contributed by atoms with van der Waals surface area (Å²) in [5.74, 6) is 0. The van der Waals surface area contributed by atoms with Gasteiger partial charge < -0.3 is 15.5 Å². The smallest absolute Gasteiger partial charge is 0.339 e. The minimum atomic E-state index is -0.255. The first kappa shape index (κ1) is 22.8. The van der Waals surface area contributed by atoms with E-state index in [0.29, 0.717) is 11.1 Å². The predicted molar refractivity (Wildman–Crippen MR) is 113 cm³/mol. The highest BCUT2D eigenvalue weighted by Crippen LogP contribution is 2.21. The summed E-state index contributed by atoms with van der Waals surface area (Å²) in [7, 11) is 0. The van der Waals surface area contributed by atoms with Gasteiger partial charge in [0.05, 0.1) is 0 Å². The molecule has 0 saturated carbocycles. The van der Waals surface area contributed by atoms with Crippen molar-refractivity contribution < 1.29 is 4.42 Å². The zero-order valence-electron chi connectivity index (χ0n) is 15.2. The molecule has 0 spiro atoms. The van der Waals surface area contributed by atoms with Gasteiger partial charge in [0.15, 0.2) is 0 Å². The third-order valence-corrected chi connectivity index (χ3v) is 3.69. The second kappa shape index (κ2) is 11.3. The van der Waals surface area contributed by atoms with Crippen LogP contribution in [0.4, 0.5) is 5.69 Å². The lowest BCUT2D eigenvalue weighted by molar-refractivity contribution is 0.555. The number of nitrogens with zero attached hydrogens (tertiary/aromatic N) is 1. The van der Waals surface area contributed by atoms with E-state index in [1.54, 1.807) is 6.92 Å². The van der Waals surface area contributed by atoms with E-state index in [4.69, 9.17) is 4.42 Å². The van der Waals surface area contributed by atoms with Gasteiger partial charge in [-0.15, -0.1) is 0 Å². The molecule has 3 N–H and O–H groups in total. The number of hydrogen-bond acceptors (Lipinski definition) is 4. The number of rotatable bonds is 3. The lowest BCUT2D eigenvalue weighted by Crippen LogP contribution is -2.21.